The highest BCUT2D eigenvalue weighted by Crippen LogP contribution is 2.23. The van der Waals surface area contributed by atoms with E-state index in [1.807, 2.05) is 19.1 Å². The van der Waals surface area contributed by atoms with Crippen molar-refractivity contribution in [3.05, 3.63) is 29.3 Å². The molecule has 0 bridgehead atoms. The van der Waals surface area contributed by atoms with E-state index in [-0.39, 0.29) is 23.5 Å². The van der Waals surface area contributed by atoms with Gasteiger partial charge in [0.2, 0.25) is 0 Å². The average Bonchev–Trinajstić information content (AvgIpc) is 3.09. The molecule has 22 heavy (non-hydrogen) atoms. The second-order valence-corrected chi connectivity index (χ2v) is 8.71. The van der Waals surface area contributed by atoms with E-state index in [0.29, 0.717) is 18.5 Å². The average molecular weight is 338 g/mol. The van der Waals surface area contributed by atoms with Gasteiger partial charge in [0.15, 0.2) is 9.84 Å². The molecule has 118 valence electrons. The Kier molecular flexibility index (Phi) is 4.18. The van der Waals surface area contributed by atoms with Crippen molar-refractivity contribution in [2.45, 2.75) is 25.8 Å². The fourth-order valence-electron chi connectivity index (χ4n) is 2.87. The van der Waals surface area contributed by atoms with Gasteiger partial charge in [-0.2, -0.15) is 0 Å². The van der Waals surface area contributed by atoms with Crippen molar-refractivity contribution in [3.8, 4) is 0 Å². The zero-order valence-corrected chi connectivity index (χ0v) is 14.0. The molecule has 1 aliphatic rings. The van der Waals surface area contributed by atoms with Crippen LogP contribution >= 0.6 is 11.3 Å². The van der Waals surface area contributed by atoms with Crippen LogP contribution in [0.2, 0.25) is 0 Å². The quantitative estimate of drug-likeness (QED) is 0.858. The van der Waals surface area contributed by atoms with E-state index in [4.69, 9.17) is 0 Å². The summed E-state index contributed by atoms with van der Waals surface area (Å²) in [6.45, 7) is 2.58. The zero-order valence-electron chi connectivity index (χ0n) is 12.4. The molecular formula is C15H18N2O3S2. The number of thiazole rings is 1. The lowest BCUT2D eigenvalue weighted by Gasteiger charge is -2.28. The molecule has 5 nitrogen and oxygen atoms in total. The van der Waals surface area contributed by atoms with Gasteiger partial charge in [0.25, 0.3) is 5.91 Å². The summed E-state index contributed by atoms with van der Waals surface area (Å²) in [5.74, 6) is 0.180. The van der Waals surface area contributed by atoms with Gasteiger partial charge in [-0.3, -0.25) is 4.79 Å². The first-order chi connectivity index (χ1) is 10.5. The van der Waals surface area contributed by atoms with Crippen molar-refractivity contribution in [2.75, 3.05) is 18.1 Å². The summed E-state index contributed by atoms with van der Waals surface area (Å²) in [4.78, 5) is 18.8. The number of amides is 1. The molecule has 1 atom stereocenters. The first kappa shape index (κ1) is 15.4. The third kappa shape index (κ3) is 3.01. The monoisotopic (exact) mass is 338 g/mol. The van der Waals surface area contributed by atoms with E-state index in [1.165, 1.54) is 11.3 Å². The number of sulfone groups is 1. The fourth-order valence-corrected chi connectivity index (χ4v) is 5.31. The van der Waals surface area contributed by atoms with E-state index < -0.39 is 9.84 Å². The Morgan fingerprint density at radius 3 is 2.95 bits per heavy atom. The lowest BCUT2D eigenvalue weighted by atomic mass is 10.1. The van der Waals surface area contributed by atoms with E-state index in [1.54, 1.807) is 16.5 Å². The number of nitrogens with zero attached hydrogens (tertiary/aromatic N) is 2. The minimum Gasteiger partial charge on any atom is -0.335 e. The largest absolute Gasteiger partial charge is 0.335 e. The van der Waals surface area contributed by atoms with Gasteiger partial charge in [0, 0.05) is 18.2 Å². The van der Waals surface area contributed by atoms with Crippen molar-refractivity contribution in [1.29, 1.82) is 0 Å². The Bertz CT molecular complexity index is 798. The van der Waals surface area contributed by atoms with E-state index in [9.17, 15) is 13.2 Å². The van der Waals surface area contributed by atoms with Crippen LogP contribution in [0, 0.1) is 0 Å². The Morgan fingerprint density at radius 1 is 1.45 bits per heavy atom. The molecule has 0 aliphatic carbocycles. The highest BCUT2D eigenvalue weighted by molar-refractivity contribution is 7.91. The summed E-state index contributed by atoms with van der Waals surface area (Å²) < 4.78 is 24.4. The highest BCUT2D eigenvalue weighted by atomic mass is 32.2. The lowest BCUT2D eigenvalue weighted by Crippen LogP contribution is -2.41. The molecule has 0 radical (unpaired) electrons. The van der Waals surface area contributed by atoms with Gasteiger partial charge in [-0.25, -0.2) is 13.4 Å². The number of hydrogen-bond donors (Lipinski definition) is 0. The summed E-state index contributed by atoms with van der Waals surface area (Å²) in [5, 5.41) is 0. The van der Waals surface area contributed by atoms with Crippen LogP contribution in [-0.4, -0.2) is 48.3 Å². The molecule has 3 rings (SSSR count). The minimum atomic E-state index is -3.00. The van der Waals surface area contributed by atoms with Crippen LogP contribution < -0.4 is 0 Å². The molecule has 1 fully saturated rings. The standard InChI is InChI=1S/C15H18N2O3S2/c1-2-6-17(12-5-7-22(19,20)9-12)15(18)11-3-4-13-14(8-11)21-10-16-13/h3-4,8,10,12H,2,5-7,9H2,1H3/t12-/m0/s1. The molecular weight excluding hydrogens is 320 g/mol. The number of carbonyl (C=O) groups excluding carboxylic acids is 1. The van der Waals surface area contributed by atoms with E-state index >= 15 is 0 Å². The number of rotatable bonds is 4. The lowest BCUT2D eigenvalue weighted by molar-refractivity contribution is 0.0697. The number of hydrogen-bond acceptors (Lipinski definition) is 5. The van der Waals surface area contributed by atoms with Crippen molar-refractivity contribution in [1.82, 2.24) is 9.88 Å². The van der Waals surface area contributed by atoms with Gasteiger partial charge in [0.05, 0.1) is 27.2 Å². The van der Waals surface area contributed by atoms with Crippen molar-refractivity contribution >= 4 is 37.3 Å². The third-order valence-electron chi connectivity index (χ3n) is 3.95. The summed E-state index contributed by atoms with van der Waals surface area (Å²) >= 11 is 1.50. The van der Waals surface area contributed by atoms with Crippen LogP contribution in [0.25, 0.3) is 10.2 Å². The molecule has 1 amide bonds. The number of aromatic nitrogens is 1. The fraction of sp³-hybridized carbons (Fsp3) is 0.467. The normalized spacial score (nSPS) is 20.3. The molecule has 0 spiro atoms. The van der Waals surface area contributed by atoms with Gasteiger partial charge in [-0.1, -0.05) is 6.92 Å². The highest BCUT2D eigenvalue weighted by Gasteiger charge is 2.34. The van der Waals surface area contributed by atoms with Gasteiger partial charge in [0.1, 0.15) is 0 Å². The van der Waals surface area contributed by atoms with E-state index in [2.05, 4.69) is 4.98 Å². The maximum Gasteiger partial charge on any atom is 0.254 e. The Labute approximate surface area is 133 Å². The van der Waals surface area contributed by atoms with Gasteiger partial charge in [-0.05, 0) is 31.0 Å². The molecule has 0 N–H and O–H groups in total. The molecule has 0 unspecified atom stereocenters. The Hall–Kier alpha value is -1.47. The van der Waals surface area contributed by atoms with Crippen LogP contribution in [-0.2, 0) is 9.84 Å². The summed E-state index contributed by atoms with van der Waals surface area (Å²) in [5.41, 5.74) is 3.24. The zero-order chi connectivity index (χ0) is 15.7. The van der Waals surface area contributed by atoms with Crippen molar-refractivity contribution in [3.63, 3.8) is 0 Å². The molecule has 0 saturated carbocycles. The van der Waals surface area contributed by atoms with Crippen molar-refractivity contribution < 1.29 is 13.2 Å². The third-order valence-corrected chi connectivity index (χ3v) is 6.49. The maximum absolute atomic E-state index is 12.8. The van der Waals surface area contributed by atoms with Crippen LogP contribution in [0.1, 0.15) is 30.1 Å². The van der Waals surface area contributed by atoms with Crippen LogP contribution in [0.15, 0.2) is 23.7 Å². The summed E-state index contributed by atoms with van der Waals surface area (Å²) in [7, 11) is -3.00. The minimum absolute atomic E-state index is 0.0840. The molecule has 2 aromatic rings. The predicted molar refractivity (Wildman–Crippen MR) is 88.0 cm³/mol. The Morgan fingerprint density at radius 2 is 2.27 bits per heavy atom. The van der Waals surface area contributed by atoms with Gasteiger partial charge >= 0.3 is 0 Å². The summed E-state index contributed by atoms with van der Waals surface area (Å²) in [6, 6.07) is 5.27. The molecule has 1 saturated heterocycles. The van der Waals surface area contributed by atoms with Gasteiger partial charge < -0.3 is 4.90 Å². The van der Waals surface area contributed by atoms with E-state index in [0.717, 1.165) is 16.6 Å². The maximum atomic E-state index is 12.8. The summed E-state index contributed by atoms with van der Waals surface area (Å²) in [6.07, 6.45) is 1.35. The molecule has 1 aromatic heterocycles. The predicted octanol–water partition coefficient (Wildman–Crippen LogP) is 2.34. The SMILES string of the molecule is CCCN(C(=O)c1ccc2ncsc2c1)[C@H]1CCS(=O)(=O)C1. The number of benzene rings is 1. The van der Waals surface area contributed by atoms with Crippen LogP contribution in [0.4, 0.5) is 0 Å². The molecule has 1 aromatic carbocycles. The van der Waals surface area contributed by atoms with Crippen LogP contribution in [0.5, 0.6) is 0 Å². The second-order valence-electron chi connectivity index (χ2n) is 5.59. The Balaban J connectivity index is 1.88. The topological polar surface area (TPSA) is 67.3 Å². The van der Waals surface area contributed by atoms with Gasteiger partial charge in [-0.15, -0.1) is 11.3 Å². The molecule has 7 heteroatoms. The first-order valence-corrected chi connectivity index (χ1v) is 10.0. The molecule has 1 aliphatic heterocycles. The smallest absolute Gasteiger partial charge is 0.254 e. The van der Waals surface area contributed by atoms with Crippen LogP contribution in [0.3, 0.4) is 0 Å². The number of carbonyl (C=O) groups is 1. The number of fused-ring (bicyclic) bond motifs is 1. The van der Waals surface area contributed by atoms with Crippen molar-refractivity contribution in [2.24, 2.45) is 0 Å². The first-order valence-electron chi connectivity index (χ1n) is 7.35. The molecule has 2 heterocycles. The second kappa shape index (κ2) is 5.96.